The smallest absolute Gasteiger partial charge is 0.330 e. The monoisotopic (exact) mass is 554 g/mol. The third-order valence-corrected chi connectivity index (χ3v) is 5.92. The molecule has 1 fully saturated rings. The largest absolute Gasteiger partial charge is 0.456 e. The van der Waals surface area contributed by atoms with Gasteiger partial charge in [0.25, 0.3) is 0 Å². The highest BCUT2D eigenvalue weighted by atomic mass is 35.5. The first kappa shape index (κ1) is 25.9. The molecule has 0 spiro atoms. The van der Waals surface area contributed by atoms with Crippen molar-refractivity contribution in [2.45, 2.75) is 45.3 Å². The molecule has 190 valence electrons. The highest BCUT2D eigenvalue weighted by molar-refractivity contribution is 7.72. The van der Waals surface area contributed by atoms with Crippen molar-refractivity contribution in [3.63, 3.8) is 0 Å². The molecule has 0 saturated carbocycles. The first-order valence-electron chi connectivity index (χ1n) is 10.5. The van der Waals surface area contributed by atoms with Crippen LogP contribution in [0.1, 0.15) is 27.0 Å². The predicted octanol–water partition coefficient (Wildman–Crippen LogP) is 3.23. The van der Waals surface area contributed by atoms with Gasteiger partial charge in [-0.2, -0.15) is 9.50 Å². The molecule has 2 aromatic heterocycles. The Morgan fingerprint density at radius 3 is 2.22 bits per heavy atom. The highest BCUT2D eigenvalue weighted by Crippen LogP contribution is 2.32. The lowest BCUT2D eigenvalue weighted by atomic mass is 10.0. The van der Waals surface area contributed by atoms with E-state index in [1.165, 1.54) is 22.9 Å². The van der Waals surface area contributed by atoms with Crippen molar-refractivity contribution in [1.29, 1.82) is 0 Å². The van der Waals surface area contributed by atoms with Crippen LogP contribution in [0, 0.1) is 9.54 Å². The second-order valence-electron chi connectivity index (χ2n) is 7.68. The van der Waals surface area contributed by atoms with Crippen LogP contribution in [0.4, 0.5) is 0 Å². The summed E-state index contributed by atoms with van der Waals surface area (Å²) in [6.45, 7) is 3.31. The lowest BCUT2D eigenvalue weighted by Gasteiger charge is -2.40. The predicted molar refractivity (Wildman–Crippen MR) is 127 cm³/mol. The van der Waals surface area contributed by atoms with Crippen LogP contribution in [-0.4, -0.2) is 62.0 Å². The van der Waals surface area contributed by atoms with E-state index in [-0.39, 0.29) is 27.9 Å². The average Bonchev–Trinajstić information content (AvgIpc) is 3.21. The Hall–Kier alpha value is -3.20. The quantitative estimate of drug-likeness (QED) is 0.260. The fraction of sp³-hybridized carbons (Fsp3) is 0.381. The maximum atomic E-state index is 12.0. The van der Waals surface area contributed by atoms with Crippen LogP contribution in [-0.2, 0) is 33.3 Å². The van der Waals surface area contributed by atoms with Gasteiger partial charge >= 0.3 is 23.8 Å². The van der Waals surface area contributed by atoms with E-state index in [2.05, 4.69) is 10.1 Å². The molecule has 0 radical (unpaired) electrons. The van der Waals surface area contributed by atoms with E-state index in [1.54, 1.807) is 24.3 Å². The van der Waals surface area contributed by atoms with Gasteiger partial charge in [0.05, 0.1) is 6.61 Å². The molecule has 1 aliphatic rings. The van der Waals surface area contributed by atoms with E-state index >= 15 is 0 Å². The van der Waals surface area contributed by atoms with E-state index in [1.807, 2.05) is 0 Å². The number of carbonyl (C=O) groups is 3. The Kier molecular flexibility index (Phi) is 7.49. The van der Waals surface area contributed by atoms with E-state index < -0.39 is 42.4 Å². The normalized spacial score (nSPS) is 21.7. The van der Waals surface area contributed by atoms with Gasteiger partial charge in [-0.05, 0) is 48.7 Å². The molecule has 0 amide bonds. The van der Waals surface area contributed by atoms with Crippen molar-refractivity contribution in [2.75, 3.05) is 6.61 Å². The van der Waals surface area contributed by atoms with Gasteiger partial charge in [-0.1, -0.05) is 11.6 Å². The number of esters is 3. The number of hydrogen-bond acceptors (Lipinski definition) is 12. The summed E-state index contributed by atoms with van der Waals surface area (Å²) in [5.74, 6) is -1.83. The molecule has 0 bridgehead atoms. The zero-order valence-corrected chi connectivity index (χ0v) is 21.5. The van der Waals surface area contributed by atoms with Crippen LogP contribution in [0.3, 0.4) is 0 Å². The number of aromatic nitrogens is 4. The van der Waals surface area contributed by atoms with Crippen molar-refractivity contribution in [2.24, 2.45) is 0 Å². The van der Waals surface area contributed by atoms with Crippen LogP contribution in [0.25, 0.3) is 17.3 Å². The molecular formula is C21H19ClN4O8S2. The minimum Gasteiger partial charge on any atom is -0.456 e. The average molecular weight is 555 g/mol. The van der Waals surface area contributed by atoms with Crippen molar-refractivity contribution < 1.29 is 37.7 Å². The first-order valence-corrected chi connectivity index (χ1v) is 11.7. The fourth-order valence-corrected chi connectivity index (χ4v) is 4.43. The Morgan fingerprint density at radius 2 is 1.61 bits per heavy atom. The van der Waals surface area contributed by atoms with Gasteiger partial charge in [0.2, 0.25) is 15.4 Å². The van der Waals surface area contributed by atoms with Crippen molar-refractivity contribution in [1.82, 2.24) is 19.2 Å². The molecular weight excluding hydrogens is 536 g/mol. The Labute approximate surface area is 218 Å². The van der Waals surface area contributed by atoms with Gasteiger partial charge in [0.15, 0.2) is 24.5 Å². The summed E-state index contributed by atoms with van der Waals surface area (Å²) >= 11 is 17.0. The summed E-state index contributed by atoms with van der Waals surface area (Å²) < 4.78 is 30.1. The van der Waals surface area contributed by atoms with Gasteiger partial charge in [-0.3, -0.25) is 19.0 Å². The van der Waals surface area contributed by atoms with Crippen LogP contribution >= 0.6 is 36.0 Å². The summed E-state index contributed by atoms with van der Waals surface area (Å²) in [6.07, 6.45) is -4.75. The zero-order valence-electron chi connectivity index (χ0n) is 19.1. The summed E-state index contributed by atoms with van der Waals surface area (Å²) in [5, 5.41) is 4.91. The van der Waals surface area contributed by atoms with Gasteiger partial charge < -0.3 is 23.4 Å². The van der Waals surface area contributed by atoms with Crippen LogP contribution in [0.5, 0.6) is 0 Å². The molecule has 36 heavy (non-hydrogen) atoms. The molecule has 1 saturated heterocycles. The number of halogens is 1. The van der Waals surface area contributed by atoms with Gasteiger partial charge in [-0.25, -0.2) is 0 Å². The number of fused-ring (bicyclic) bond motifs is 1. The molecule has 4 atom stereocenters. The molecule has 15 heteroatoms. The summed E-state index contributed by atoms with van der Waals surface area (Å²) in [4.78, 5) is 39.7. The lowest BCUT2D eigenvalue weighted by Crippen LogP contribution is -2.55. The molecule has 4 rings (SSSR count). The number of nitrogens with zero attached hydrogens (tertiary/aromatic N) is 4. The first-order chi connectivity index (χ1) is 17.0. The van der Waals surface area contributed by atoms with Crippen molar-refractivity contribution in [3.05, 3.63) is 38.8 Å². The van der Waals surface area contributed by atoms with Crippen LogP contribution < -0.4 is 0 Å². The molecule has 0 N–H and O–H groups in total. The number of hydrogen-bond donors (Lipinski definition) is 0. The molecule has 1 aliphatic heterocycles. The molecule has 3 heterocycles. The second kappa shape index (κ2) is 10.4. The minimum absolute atomic E-state index is 0.00336. The highest BCUT2D eigenvalue weighted by Gasteiger charge is 2.48. The van der Waals surface area contributed by atoms with E-state index in [0.29, 0.717) is 10.6 Å². The minimum atomic E-state index is -1.29. The number of rotatable bonds is 5. The summed E-state index contributed by atoms with van der Waals surface area (Å²) in [6, 6.07) is 6.76. The van der Waals surface area contributed by atoms with Gasteiger partial charge in [-0.15, -0.1) is 5.10 Å². The van der Waals surface area contributed by atoms with Crippen LogP contribution in [0.15, 0.2) is 28.7 Å². The number of benzene rings is 1. The van der Waals surface area contributed by atoms with Gasteiger partial charge in [0, 0.05) is 31.4 Å². The maximum absolute atomic E-state index is 12.0. The zero-order chi connectivity index (χ0) is 26.1. The Balaban J connectivity index is 1.81. The van der Waals surface area contributed by atoms with E-state index in [4.69, 9.17) is 59.4 Å². The van der Waals surface area contributed by atoms with E-state index in [0.717, 1.165) is 6.92 Å². The second-order valence-corrected chi connectivity index (χ2v) is 8.84. The molecule has 3 aromatic rings. The van der Waals surface area contributed by atoms with Crippen molar-refractivity contribution >= 4 is 59.8 Å². The molecule has 1 aromatic carbocycles. The SMILES string of the molecule is CC(=O)O[C@@H]1[C@@H](OC(C)=O)[C@H](OC(C)=O)CO[C@H]1n1c(=S)nc2oc(-c3ccc(Cl)cc3)nn2c1=S. The van der Waals surface area contributed by atoms with Gasteiger partial charge in [0.1, 0.15) is 0 Å². The maximum Gasteiger partial charge on any atom is 0.330 e. The van der Waals surface area contributed by atoms with Crippen LogP contribution in [0.2, 0.25) is 5.02 Å². The standard InChI is InChI=1S/C21H19ClN4O8S2/c1-9(27)31-14-8-30-18(16(33-11(3)29)15(14)32-10(2)28)25-20(35)23-19-26(21(25)36)24-17(34-19)12-4-6-13(22)7-5-12/h4-7,14-16,18H,8H2,1-3H3/t14-,15+,16-,18-/m1/s1. The van der Waals surface area contributed by atoms with Crippen molar-refractivity contribution in [3.8, 4) is 11.5 Å². The fourth-order valence-electron chi connectivity index (χ4n) is 3.67. The Bertz CT molecular complexity index is 1450. The molecule has 0 aliphatic carbocycles. The third kappa shape index (κ3) is 5.31. The third-order valence-electron chi connectivity index (χ3n) is 5.01. The summed E-state index contributed by atoms with van der Waals surface area (Å²) in [7, 11) is 0. The topological polar surface area (TPSA) is 136 Å². The van der Waals surface area contributed by atoms with E-state index in [9.17, 15) is 14.4 Å². The Morgan fingerprint density at radius 1 is 1.00 bits per heavy atom. The number of ether oxygens (including phenoxy) is 4. The molecule has 12 nitrogen and oxygen atoms in total. The number of carbonyl (C=O) groups excluding carboxylic acids is 3. The summed E-state index contributed by atoms with van der Waals surface area (Å²) in [5.41, 5.74) is 0.614. The lowest BCUT2D eigenvalue weighted by molar-refractivity contribution is -0.240. The molecule has 0 unspecified atom stereocenters.